The van der Waals surface area contributed by atoms with Gasteiger partial charge >= 0.3 is 0 Å². The summed E-state index contributed by atoms with van der Waals surface area (Å²) in [6, 6.07) is 7.55. The Morgan fingerprint density at radius 1 is 1.25 bits per heavy atom. The molecule has 0 bridgehead atoms. The lowest BCUT2D eigenvalue weighted by Gasteiger charge is -2.15. The molecule has 0 aliphatic carbocycles. The fourth-order valence-corrected chi connectivity index (χ4v) is 2.99. The van der Waals surface area contributed by atoms with E-state index in [1.807, 2.05) is 26.0 Å². The van der Waals surface area contributed by atoms with Crippen molar-refractivity contribution in [2.24, 2.45) is 0 Å². The summed E-state index contributed by atoms with van der Waals surface area (Å²) in [5, 5.41) is 4.41. The van der Waals surface area contributed by atoms with Crippen LogP contribution in [0.5, 0.6) is 0 Å². The van der Waals surface area contributed by atoms with Gasteiger partial charge in [-0.05, 0) is 43.7 Å². The summed E-state index contributed by atoms with van der Waals surface area (Å²) < 4.78 is 14.3. The predicted molar refractivity (Wildman–Crippen MR) is 80.6 cm³/mol. The van der Waals surface area contributed by atoms with Gasteiger partial charge in [0.15, 0.2) is 0 Å². The molecule has 1 N–H and O–H groups in total. The first kappa shape index (κ1) is 13.0. The van der Waals surface area contributed by atoms with E-state index in [-0.39, 0.29) is 11.9 Å². The van der Waals surface area contributed by atoms with Gasteiger partial charge in [0, 0.05) is 11.9 Å². The molecule has 0 saturated heterocycles. The number of anilines is 1. The highest BCUT2D eigenvalue weighted by atomic mass is 32.1. The minimum absolute atomic E-state index is 0.00957. The van der Waals surface area contributed by atoms with Crippen LogP contribution in [-0.2, 0) is 0 Å². The van der Waals surface area contributed by atoms with E-state index in [4.69, 9.17) is 0 Å². The van der Waals surface area contributed by atoms with Gasteiger partial charge in [-0.25, -0.2) is 9.37 Å². The molecule has 0 saturated carbocycles. The molecule has 0 radical (unpaired) electrons. The van der Waals surface area contributed by atoms with Crippen molar-refractivity contribution in [1.82, 2.24) is 9.97 Å². The molecule has 0 amide bonds. The fraction of sp³-hybridized carbons (Fsp3) is 0.200. The van der Waals surface area contributed by atoms with Crippen LogP contribution in [0.4, 0.5) is 10.1 Å². The second kappa shape index (κ2) is 5.17. The quantitative estimate of drug-likeness (QED) is 0.780. The highest BCUT2D eigenvalue weighted by Gasteiger charge is 2.08. The number of aryl methyl sites for hydroxylation is 1. The van der Waals surface area contributed by atoms with Crippen LogP contribution in [-0.4, -0.2) is 9.97 Å². The minimum Gasteiger partial charge on any atom is -0.378 e. The minimum atomic E-state index is -0.315. The number of benzene rings is 1. The monoisotopic (exact) mass is 287 g/mol. The van der Waals surface area contributed by atoms with E-state index < -0.39 is 0 Å². The molecule has 3 nitrogen and oxygen atoms in total. The van der Waals surface area contributed by atoms with E-state index >= 15 is 0 Å². The molecule has 20 heavy (non-hydrogen) atoms. The average Bonchev–Trinajstić information content (AvgIpc) is 2.78. The summed E-state index contributed by atoms with van der Waals surface area (Å²) in [5.74, 6) is -0.315. The number of rotatable bonds is 3. The number of nitrogens with one attached hydrogen (secondary N) is 1. The summed E-state index contributed by atoms with van der Waals surface area (Å²) in [4.78, 5) is 8.31. The van der Waals surface area contributed by atoms with Crippen LogP contribution < -0.4 is 5.32 Å². The number of thiazole rings is 1. The summed E-state index contributed by atoms with van der Waals surface area (Å²) >= 11 is 1.67. The zero-order valence-electron chi connectivity index (χ0n) is 11.2. The zero-order valence-corrected chi connectivity index (χ0v) is 12.0. The normalized spacial score (nSPS) is 12.6. The fourth-order valence-electron chi connectivity index (χ4n) is 2.13. The number of hydrogen-bond acceptors (Lipinski definition) is 4. The van der Waals surface area contributed by atoms with Crippen molar-refractivity contribution in [3.05, 3.63) is 53.0 Å². The smallest absolute Gasteiger partial charge is 0.141 e. The van der Waals surface area contributed by atoms with Gasteiger partial charge in [0.05, 0.1) is 27.5 Å². The van der Waals surface area contributed by atoms with E-state index in [9.17, 15) is 4.39 Å². The van der Waals surface area contributed by atoms with E-state index in [1.165, 1.54) is 12.3 Å². The maximum Gasteiger partial charge on any atom is 0.141 e. The summed E-state index contributed by atoms with van der Waals surface area (Å²) in [6.07, 6.45) is 2.89. The Morgan fingerprint density at radius 2 is 2.10 bits per heavy atom. The Labute approximate surface area is 120 Å². The lowest BCUT2D eigenvalue weighted by Crippen LogP contribution is -2.07. The second-order valence-corrected chi connectivity index (χ2v) is 5.95. The van der Waals surface area contributed by atoms with Crippen LogP contribution in [0.15, 0.2) is 36.7 Å². The molecule has 3 rings (SSSR count). The molecule has 0 spiro atoms. The van der Waals surface area contributed by atoms with Crippen molar-refractivity contribution in [2.45, 2.75) is 19.9 Å². The maximum absolute atomic E-state index is 13.2. The Hall–Kier alpha value is -2.01. The van der Waals surface area contributed by atoms with Crippen LogP contribution in [0.25, 0.3) is 10.2 Å². The third kappa shape index (κ3) is 2.63. The number of halogens is 1. The molecule has 5 heteroatoms. The number of hydrogen-bond donors (Lipinski definition) is 1. The first-order valence-corrected chi connectivity index (χ1v) is 7.17. The molecule has 0 aliphatic rings. The molecule has 0 fully saturated rings. The third-order valence-electron chi connectivity index (χ3n) is 3.10. The van der Waals surface area contributed by atoms with Gasteiger partial charge in [-0.1, -0.05) is 0 Å². The van der Waals surface area contributed by atoms with Crippen molar-refractivity contribution >= 4 is 27.2 Å². The third-order valence-corrected chi connectivity index (χ3v) is 4.04. The predicted octanol–water partition coefficient (Wildman–Crippen LogP) is 4.31. The van der Waals surface area contributed by atoms with Gasteiger partial charge in [-0.2, -0.15) is 0 Å². The summed E-state index contributed by atoms with van der Waals surface area (Å²) in [5.41, 5.74) is 2.83. The van der Waals surface area contributed by atoms with Gasteiger partial charge in [0.25, 0.3) is 0 Å². The lowest BCUT2D eigenvalue weighted by molar-refractivity contribution is 0.616. The van der Waals surface area contributed by atoms with Crippen LogP contribution in [0.3, 0.4) is 0 Å². The van der Waals surface area contributed by atoms with Gasteiger partial charge in [0.2, 0.25) is 0 Å². The first-order chi connectivity index (χ1) is 9.61. The van der Waals surface area contributed by atoms with Crippen molar-refractivity contribution in [3.63, 3.8) is 0 Å². The Bertz CT molecular complexity index is 754. The molecule has 1 unspecified atom stereocenters. The van der Waals surface area contributed by atoms with Crippen molar-refractivity contribution in [1.29, 1.82) is 0 Å². The standard InChI is InChI=1S/C15H14FN3S/c1-9(11-5-12(16)8-17-7-11)18-13-3-4-14-15(6-13)20-10(2)19-14/h3-9,18H,1-2H3. The van der Waals surface area contributed by atoms with E-state index in [2.05, 4.69) is 21.4 Å². The SMILES string of the molecule is Cc1nc2ccc(NC(C)c3cncc(F)c3)cc2s1. The van der Waals surface area contributed by atoms with E-state index in [1.54, 1.807) is 17.5 Å². The molecular weight excluding hydrogens is 273 g/mol. The molecule has 2 aromatic heterocycles. The topological polar surface area (TPSA) is 37.8 Å². The molecule has 1 atom stereocenters. The van der Waals surface area contributed by atoms with Crippen LogP contribution >= 0.6 is 11.3 Å². The maximum atomic E-state index is 13.2. The van der Waals surface area contributed by atoms with Crippen molar-refractivity contribution in [3.8, 4) is 0 Å². The Balaban J connectivity index is 1.85. The molecule has 0 aliphatic heterocycles. The van der Waals surface area contributed by atoms with Crippen LogP contribution in [0.2, 0.25) is 0 Å². The molecular formula is C15H14FN3S. The number of pyridine rings is 1. The number of fused-ring (bicyclic) bond motifs is 1. The van der Waals surface area contributed by atoms with Gasteiger partial charge < -0.3 is 5.32 Å². The Morgan fingerprint density at radius 3 is 2.90 bits per heavy atom. The lowest BCUT2D eigenvalue weighted by atomic mass is 10.1. The second-order valence-electron chi connectivity index (χ2n) is 4.72. The van der Waals surface area contributed by atoms with Gasteiger partial charge in [0.1, 0.15) is 5.82 Å². The van der Waals surface area contributed by atoms with E-state index in [0.29, 0.717) is 0 Å². The highest BCUT2D eigenvalue weighted by molar-refractivity contribution is 7.18. The number of nitrogens with zero attached hydrogens (tertiary/aromatic N) is 2. The molecule has 2 heterocycles. The van der Waals surface area contributed by atoms with Crippen LogP contribution in [0.1, 0.15) is 23.5 Å². The molecule has 3 aromatic rings. The summed E-state index contributed by atoms with van der Waals surface area (Å²) in [6.45, 7) is 3.98. The molecule has 102 valence electrons. The van der Waals surface area contributed by atoms with Gasteiger partial charge in [-0.3, -0.25) is 4.98 Å². The van der Waals surface area contributed by atoms with Crippen molar-refractivity contribution < 1.29 is 4.39 Å². The molecule has 1 aromatic carbocycles. The average molecular weight is 287 g/mol. The largest absolute Gasteiger partial charge is 0.378 e. The van der Waals surface area contributed by atoms with E-state index in [0.717, 1.165) is 26.5 Å². The highest BCUT2D eigenvalue weighted by Crippen LogP contribution is 2.27. The van der Waals surface area contributed by atoms with Gasteiger partial charge in [-0.15, -0.1) is 11.3 Å². The zero-order chi connectivity index (χ0) is 14.1. The summed E-state index contributed by atoms with van der Waals surface area (Å²) in [7, 11) is 0. The number of aromatic nitrogens is 2. The Kier molecular flexibility index (Phi) is 3.36. The first-order valence-electron chi connectivity index (χ1n) is 6.36. The van der Waals surface area contributed by atoms with Crippen molar-refractivity contribution in [2.75, 3.05) is 5.32 Å². The van der Waals surface area contributed by atoms with Crippen LogP contribution in [0, 0.1) is 12.7 Å².